The van der Waals surface area contributed by atoms with Crippen LogP contribution in [0, 0.1) is 0 Å². The third kappa shape index (κ3) is 3.39. The molecule has 0 spiro atoms. The number of nitrogens with zero attached hydrogens (tertiary/aromatic N) is 1. The second-order valence-electron chi connectivity index (χ2n) is 5.49. The number of aliphatic hydroxyl groups is 1. The van der Waals surface area contributed by atoms with Crippen molar-refractivity contribution in [3.05, 3.63) is 23.8 Å². The molecule has 0 saturated carbocycles. The molecule has 118 valence electrons. The molecule has 1 aliphatic heterocycles. The molecule has 5 nitrogen and oxygen atoms in total. The number of aryl methyl sites for hydroxylation is 1. The molecule has 1 unspecified atom stereocenters. The largest absolute Gasteiger partial charge is 0.398 e. The van der Waals surface area contributed by atoms with Crippen LogP contribution in [0.1, 0.15) is 38.2 Å². The normalized spacial score (nSPS) is 20.6. The van der Waals surface area contributed by atoms with E-state index in [0.29, 0.717) is 18.7 Å². The number of sulfonamides is 1. The summed E-state index contributed by atoms with van der Waals surface area (Å²) in [6, 6.07) is 4.86. The molecule has 1 aliphatic rings. The van der Waals surface area contributed by atoms with Gasteiger partial charge in [0.15, 0.2) is 0 Å². The number of rotatable bonds is 5. The molecule has 1 heterocycles. The third-order valence-electron chi connectivity index (χ3n) is 4.14. The van der Waals surface area contributed by atoms with Crippen molar-refractivity contribution in [2.75, 3.05) is 18.9 Å². The number of benzene rings is 1. The summed E-state index contributed by atoms with van der Waals surface area (Å²) in [6.07, 6.45) is 3.95. The van der Waals surface area contributed by atoms with E-state index >= 15 is 0 Å². The second kappa shape index (κ2) is 6.77. The van der Waals surface area contributed by atoms with Crippen molar-refractivity contribution in [1.29, 1.82) is 0 Å². The van der Waals surface area contributed by atoms with Crippen LogP contribution in [-0.4, -0.2) is 37.0 Å². The minimum Gasteiger partial charge on any atom is -0.398 e. The first-order chi connectivity index (χ1) is 10.0. The zero-order valence-corrected chi connectivity index (χ0v) is 13.3. The monoisotopic (exact) mass is 312 g/mol. The fraction of sp³-hybridized carbons (Fsp3) is 0.600. The molecule has 0 aromatic heterocycles. The van der Waals surface area contributed by atoms with Crippen molar-refractivity contribution in [2.45, 2.75) is 50.0 Å². The average Bonchev–Trinajstić information content (AvgIpc) is 2.48. The van der Waals surface area contributed by atoms with Gasteiger partial charge in [-0.15, -0.1) is 0 Å². The van der Waals surface area contributed by atoms with Crippen LogP contribution < -0.4 is 5.73 Å². The lowest BCUT2D eigenvalue weighted by atomic mass is 10.0. The molecule has 0 bridgehead atoms. The van der Waals surface area contributed by atoms with Crippen LogP contribution in [0.25, 0.3) is 0 Å². The highest BCUT2D eigenvalue weighted by atomic mass is 32.2. The number of aliphatic hydroxyl groups excluding tert-OH is 1. The maximum atomic E-state index is 12.8. The summed E-state index contributed by atoms with van der Waals surface area (Å²) in [6.45, 7) is 2.51. The van der Waals surface area contributed by atoms with E-state index in [4.69, 9.17) is 10.8 Å². The van der Waals surface area contributed by atoms with Gasteiger partial charge in [-0.1, -0.05) is 19.4 Å². The highest BCUT2D eigenvalue weighted by molar-refractivity contribution is 7.89. The summed E-state index contributed by atoms with van der Waals surface area (Å²) in [7, 11) is -3.54. The van der Waals surface area contributed by atoms with Crippen LogP contribution in [-0.2, 0) is 16.4 Å². The van der Waals surface area contributed by atoms with E-state index in [0.717, 1.165) is 31.2 Å². The van der Waals surface area contributed by atoms with Crippen LogP contribution >= 0.6 is 0 Å². The van der Waals surface area contributed by atoms with Gasteiger partial charge in [-0.25, -0.2) is 8.42 Å². The van der Waals surface area contributed by atoms with E-state index in [9.17, 15) is 8.42 Å². The van der Waals surface area contributed by atoms with Gasteiger partial charge < -0.3 is 10.8 Å². The van der Waals surface area contributed by atoms with Crippen molar-refractivity contribution in [3.63, 3.8) is 0 Å². The lowest BCUT2D eigenvalue weighted by Gasteiger charge is -2.34. The molecule has 1 saturated heterocycles. The summed E-state index contributed by atoms with van der Waals surface area (Å²) >= 11 is 0. The number of anilines is 1. The molecule has 0 aliphatic carbocycles. The fourth-order valence-electron chi connectivity index (χ4n) is 2.92. The minimum absolute atomic E-state index is 0.00754. The predicted octanol–water partition coefficient (Wildman–Crippen LogP) is 1.76. The van der Waals surface area contributed by atoms with E-state index in [1.54, 1.807) is 18.2 Å². The number of nitrogen functional groups attached to an aromatic ring is 1. The Balaban J connectivity index is 2.33. The first-order valence-corrected chi connectivity index (χ1v) is 8.95. The third-order valence-corrected chi connectivity index (χ3v) is 6.09. The quantitative estimate of drug-likeness (QED) is 0.811. The lowest BCUT2D eigenvalue weighted by Crippen LogP contribution is -2.44. The van der Waals surface area contributed by atoms with Crippen LogP contribution in [0.3, 0.4) is 0 Å². The zero-order valence-electron chi connectivity index (χ0n) is 12.5. The molecule has 2 rings (SSSR count). The van der Waals surface area contributed by atoms with Gasteiger partial charge in [-0.2, -0.15) is 4.31 Å². The molecule has 0 radical (unpaired) electrons. The second-order valence-corrected chi connectivity index (χ2v) is 7.38. The van der Waals surface area contributed by atoms with Gasteiger partial charge in [0, 0.05) is 24.9 Å². The highest BCUT2D eigenvalue weighted by Crippen LogP contribution is 2.28. The summed E-state index contributed by atoms with van der Waals surface area (Å²) in [5.74, 6) is 0. The van der Waals surface area contributed by atoms with Crippen LogP contribution in [0.5, 0.6) is 0 Å². The first kappa shape index (κ1) is 16.3. The van der Waals surface area contributed by atoms with Crippen LogP contribution in [0.4, 0.5) is 5.69 Å². The van der Waals surface area contributed by atoms with E-state index in [1.807, 2.05) is 6.92 Å². The van der Waals surface area contributed by atoms with E-state index in [2.05, 4.69) is 0 Å². The van der Waals surface area contributed by atoms with Crippen LogP contribution in [0.15, 0.2) is 23.1 Å². The topological polar surface area (TPSA) is 83.6 Å². The SMILES string of the molecule is CCc1ccc(S(=O)(=O)N2CCCCC2CCO)cc1N. The van der Waals surface area contributed by atoms with E-state index in [-0.39, 0.29) is 17.5 Å². The molecule has 21 heavy (non-hydrogen) atoms. The Bertz CT molecular complexity index is 585. The van der Waals surface area contributed by atoms with Gasteiger partial charge >= 0.3 is 0 Å². The standard InChI is InChI=1S/C15H24N2O3S/c1-2-12-6-7-14(11-15(12)16)21(19,20)17-9-4-3-5-13(17)8-10-18/h6-7,11,13,18H,2-5,8-10,16H2,1H3. The summed E-state index contributed by atoms with van der Waals surface area (Å²) in [5, 5.41) is 9.14. The Morgan fingerprint density at radius 2 is 2.14 bits per heavy atom. The van der Waals surface area contributed by atoms with Gasteiger partial charge in [0.05, 0.1) is 4.90 Å². The Kier molecular flexibility index (Phi) is 5.24. The Morgan fingerprint density at radius 3 is 2.76 bits per heavy atom. The Labute approximate surface area is 126 Å². The van der Waals surface area contributed by atoms with Crippen LogP contribution in [0.2, 0.25) is 0 Å². The summed E-state index contributed by atoms with van der Waals surface area (Å²) < 4.78 is 27.2. The van der Waals surface area contributed by atoms with Gasteiger partial charge in [0.25, 0.3) is 0 Å². The molecular weight excluding hydrogens is 288 g/mol. The molecule has 0 amide bonds. The van der Waals surface area contributed by atoms with Gasteiger partial charge in [0.2, 0.25) is 10.0 Å². The van der Waals surface area contributed by atoms with Crippen molar-refractivity contribution >= 4 is 15.7 Å². The average molecular weight is 312 g/mol. The Hall–Kier alpha value is -1.11. The van der Waals surface area contributed by atoms with Gasteiger partial charge in [0.1, 0.15) is 0 Å². The first-order valence-electron chi connectivity index (χ1n) is 7.51. The maximum Gasteiger partial charge on any atom is 0.243 e. The molecule has 3 N–H and O–H groups in total. The Morgan fingerprint density at radius 1 is 1.38 bits per heavy atom. The molecule has 1 aromatic rings. The van der Waals surface area contributed by atoms with Gasteiger partial charge in [-0.05, 0) is 43.4 Å². The summed E-state index contributed by atoms with van der Waals surface area (Å²) in [4.78, 5) is 0.252. The number of piperidine rings is 1. The zero-order chi connectivity index (χ0) is 15.5. The lowest BCUT2D eigenvalue weighted by molar-refractivity contribution is 0.192. The predicted molar refractivity (Wildman–Crippen MR) is 83.5 cm³/mol. The molecule has 6 heteroatoms. The summed E-state index contributed by atoms with van der Waals surface area (Å²) in [5.41, 5.74) is 7.41. The van der Waals surface area contributed by atoms with Crippen molar-refractivity contribution in [2.24, 2.45) is 0 Å². The minimum atomic E-state index is -3.54. The number of nitrogens with two attached hydrogens (primary N) is 1. The van der Waals surface area contributed by atoms with Gasteiger partial charge in [-0.3, -0.25) is 0 Å². The molecular formula is C15H24N2O3S. The smallest absolute Gasteiger partial charge is 0.243 e. The van der Waals surface area contributed by atoms with E-state index < -0.39 is 10.0 Å². The fourth-order valence-corrected chi connectivity index (χ4v) is 4.68. The molecule has 1 aromatic carbocycles. The molecule has 1 fully saturated rings. The number of hydrogen-bond donors (Lipinski definition) is 2. The number of hydrogen-bond acceptors (Lipinski definition) is 4. The molecule has 1 atom stereocenters. The van der Waals surface area contributed by atoms with Crippen molar-refractivity contribution in [1.82, 2.24) is 4.31 Å². The van der Waals surface area contributed by atoms with E-state index in [1.165, 1.54) is 4.31 Å². The maximum absolute atomic E-state index is 12.8. The van der Waals surface area contributed by atoms with Crippen molar-refractivity contribution < 1.29 is 13.5 Å². The van der Waals surface area contributed by atoms with Crippen molar-refractivity contribution in [3.8, 4) is 0 Å². The highest BCUT2D eigenvalue weighted by Gasteiger charge is 2.33.